The second-order valence-electron chi connectivity index (χ2n) is 3.78. The quantitative estimate of drug-likeness (QED) is 0.523. The van der Waals surface area contributed by atoms with E-state index in [0.717, 1.165) is 0 Å². The number of esters is 1. The topological polar surface area (TPSA) is 43.4 Å². The molecule has 4 aliphatic rings. The Morgan fingerprint density at radius 3 is 2.64 bits per heavy atom. The molecule has 4 saturated carbocycles. The van der Waals surface area contributed by atoms with Crippen LogP contribution in [0.3, 0.4) is 0 Å². The van der Waals surface area contributed by atoms with Crippen LogP contribution in [-0.4, -0.2) is 18.4 Å². The first kappa shape index (κ1) is 5.75. The molecule has 0 amide bonds. The average Bonchev–Trinajstić information content (AvgIpc) is 2.64. The van der Waals surface area contributed by atoms with Crippen LogP contribution in [0.25, 0.3) is 0 Å². The van der Waals surface area contributed by atoms with E-state index < -0.39 is 0 Å². The maximum absolute atomic E-state index is 10.8. The molecule has 0 aliphatic heterocycles. The smallest absolute Gasteiger partial charge is 0.302 e. The van der Waals surface area contributed by atoms with Crippen LogP contribution in [-0.2, 0) is 14.3 Å². The zero-order valence-corrected chi connectivity index (χ0v) is 6.16. The fourth-order valence-corrected chi connectivity index (χ4v) is 2.61. The van der Waals surface area contributed by atoms with Crippen LogP contribution in [0.5, 0.6) is 0 Å². The third-order valence-electron chi connectivity index (χ3n) is 3.42. The van der Waals surface area contributed by atoms with Crippen molar-refractivity contribution in [3.8, 4) is 0 Å². The fourth-order valence-electron chi connectivity index (χ4n) is 2.61. The van der Waals surface area contributed by atoms with Gasteiger partial charge in [-0.2, -0.15) is 0 Å². The molecule has 11 heavy (non-hydrogen) atoms. The Morgan fingerprint density at radius 2 is 2.27 bits per heavy atom. The minimum absolute atomic E-state index is 0.183. The molecule has 58 valence electrons. The third-order valence-corrected chi connectivity index (χ3v) is 3.42. The van der Waals surface area contributed by atoms with Gasteiger partial charge >= 0.3 is 5.97 Å². The molecule has 0 aromatic carbocycles. The van der Waals surface area contributed by atoms with E-state index in [2.05, 4.69) is 0 Å². The summed E-state index contributed by atoms with van der Waals surface area (Å²) in [4.78, 5) is 21.2. The summed E-state index contributed by atoms with van der Waals surface area (Å²) in [5.74, 6) is 1.39. The van der Waals surface area contributed by atoms with E-state index in [1.54, 1.807) is 0 Å². The number of ketones is 1. The molecule has 0 aromatic heterocycles. The summed E-state index contributed by atoms with van der Waals surface area (Å²) in [5, 5.41) is 0. The van der Waals surface area contributed by atoms with Crippen LogP contribution in [0.15, 0.2) is 0 Å². The molecular weight excluding hydrogens is 144 g/mol. The van der Waals surface area contributed by atoms with Crippen molar-refractivity contribution in [2.45, 2.75) is 6.92 Å². The maximum atomic E-state index is 10.8. The van der Waals surface area contributed by atoms with E-state index in [1.807, 2.05) is 0 Å². The van der Waals surface area contributed by atoms with E-state index in [-0.39, 0.29) is 11.4 Å². The number of carbonyl (C=O) groups is 2. The molecule has 4 aliphatic carbocycles. The van der Waals surface area contributed by atoms with Crippen molar-refractivity contribution < 1.29 is 14.3 Å². The van der Waals surface area contributed by atoms with Gasteiger partial charge in [-0.25, -0.2) is 0 Å². The van der Waals surface area contributed by atoms with Crippen LogP contribution in [0.2, 0.25) is 0 Å². The molecule has 0 saturated heterocycles. The summed E-state index contributed by atoms with van der Waals surface area (Å²) >= 11 is 0. The second-order valence-corrected chi connectivity index (χ2v) is 3.78. The predicted molar refractivity (Wildman–Crippen MR) is 34.5 cm³/mol. The number of Topliss-reactive ketones (excluding diaryl/α,β-unsaturated/α-hetero) is 1. The largest absolute Gasteiger partial charge is 0.465 e. The molecular formula is C8H8O3. The molecule has 2 unspecified atom stereocenters. The van der Waals surface area contributed by atoms with Gasteiger partial charge in [0.1, 0.15) is 5.78 Å². The first-order chi connectivity index (χ1) is 5.19. The summed E-state index contributed by atoms with van der Waals surface area (Å²) in [6.07, 6.45) is 0. The number of carbonyl (C=O) groups excluding carboxylic acids is 2. The van der Waals surface area contributed by atoms with E-state index in [4.69, 9.17) is 4.74 Å². The summed E-state index contributed by atoms with van der Waals surface area (Å²) < 4.78 is 4.87. The molecule has 0 aromatic rings. The van der Waals surface area contributed by atoms with Crippen molar-refractivity contribution in [3.05, 3.63) is 0 Å². The fraction of sp³-hybridized carbons (Fsp3) is 0.750. The summed E-state index contributed by atoms with van der Waals surface area (Å²) in [7, 11) is 0. The molecule has 3 heteroatoms. The Bertz CT molecular complexity index is 267. The Morgan fingerprint density at radius 1 is 1.64 bits per heavy atom. The highest BCUT2D eigenvalue weighted by molar-refractivity contribution is 6.08. The lowest BCUT2D eigenvalue weighted by Crippen LogP contribution is -2.39. The molecule has 0 radical (unpaired) electrons. The van der Waals surface area contributed by atoms with Crippen molar-refractivity contribution in [2.24, 2.45) is 23.2 Å². The van der Waals surface area contributed by atoms with E-state index in [9.17, 15) is 9.59 Å². The van der Waals surface area contributed by atoms with Gasteiger partial charge < -0.3 is 4.74 Å². The van der Waals surface area contributed by atoms with Gasteiger partial charge in [0.05, 0.1) is 6.61 Å². The molecule has 4 atom stereocenters. The highest BCUT2D eigenvalue weighted by Gasteiger charge is 3.01. The first-order valence-corrected chi connectivity index (χ1v) is 3.86. The molecule has 0 spiro atoms. The lowest BCUT2D eigenvalue weighted by molar-refractivity contribution is -0.148. The molecule has 2 bridgehead atoms. The van der Waals surface area contributed by atoms with Gasteiger partial charge in [0.2, 0.25) is 0 Å². The number of rotatable bonds is 2. The van der Waals surface area contributed by atoms with Gasteiger partial charge in [0.25, 0.3) is 0 Å². The van der Waals surface area contributed by atoms with E-state index in [0.29, 0.717) is 30.1 Å². The van der Waals surface area contributed by atoms with Gasteiger partial charge in [-0.05, 0) is 5.92 Å². The minimum atomic E-state index is -0.233. The summed E-state index contributed by atoms with van der Waals surface area (Å²) in [6, 6.07) is 0. The van der Waals surface area contributed by atoms with Crippen LogP contribution in [0.4, 0.5) is 0 Å². The first-order valence-electron chi connectivity index (χ1n) is 3.86. The normalized spacial score (nSPS) is 54.3. The molecule has 0 heterocycles. The Balaban J connectivity index is 1.62. The van der Waals surface area contributed by atoms with Crippen molar-refractivity contribution in [1.29, 1.82) is 0 Å². The monoisotopic (exact) mass is 152 g/mol. The van der Waals surface area contributed by atoms with E-state index >= 15 is 0 Å². The summed E-state index contributed by atoms with van der Waals surface area (Å²) in [5.41, 5.74) is 0.183. The van der Waals surface area contributed by atoms with Crippen molar-refractivity contribution in [3.63, 3.8) is 0 Å². The van der Waals surface area contributed by atoms with Crippen molar-refractivity contribution in [2.75, 3.05) is 6.61 Å². The zero-order chi connectivity index (χ0) is 7.80. The molecule has 4 rings (SSSR count). The highest BCUT2D eigenvalue weighted by Crippen LogP contribution is 2.94. The van der Waals surface area contributed by atoms with E-state index in [1.165, 1.54) is 6.92 Å². The molecule has 4 fully saturated rings. The zero-order valence-electron chi connectivity index (χ0n) is 6.16. The van der Waals surface area contributed by atoms with Gasteiger partial charge in [0, 0.05) is 24.2 Å². The Labute approximate surface area is 63.7 Å². The Hall–Kier alpha value is -0.860. The number of ether oxygens (including phenoxy) is 1. The number of hydrogen-bond acceptors (Lipinski definition) is 3. The average molecular weight is 152 g/mol. The number of hydrogen-bond donors (Lipinski definition) is 0. The minimum Gasteiger partial charge on any atom is -0.465 e. The maximum Gasteiger partial charge on any atom is 0.302 e. The lowest BCUT2D eigenvalue weighted by atomic mass is 9.75. The summed E-state index contributed by atoms with van der Waals surface area (Å²) in [6.45, 7) is 1.90. The van der Waals surface area contributed by atoms with Gasteiger partial charge in [-0.1, -0.05) is 0 Å². The second kappa shape index (κ2) is 1.24. The standard InChI is InChI=1S/C8H8O3/c1-3(9)11-2-8-4-5(8)7(10)6(4)8/h4-6H,2H2,1H3/t4?,5-,6+,8?. The SMILES string of the molecule is CC(=O)OCC12C3[C@H]1C(=O)[C@@H]32. The third kappa shape index (κ3) is 0.377. The van der Waals surface area contributed by atoms with Gasteiger partial charge in [0.15, 0.2) is 0 Å². The molecule has 0 N–H and O–H groups in total. The lowest BCUT2D eigenvalue weighted by Gasteiger charge is -2.28. The van der Waals surface area contributed by atoms with Crippen molar-refractivity contribution in [1.82, 2.24) is 0 Å². The van der Waals surface area contributed by atoms with Crippen LogP contribution < -0.4 is 0 Å². The van der Waals surface area contributed by atoms with Crippen LogP contribution >= 0.6 is 0 Å². The van der Waals surface area contributed by atoms with Gasteiger partial charge in [-0.3, -0.25) is 9.59 Å². The molecule has 3 nitrogen and oxygen atoms in total. The Kier molecular flexibility index (Phi) is 0.646. The predicted octanol–water partition coefficient (Wildman–Crippen LogP) is -0.00560. The van der Waals surface area contributed by atoms with Crippen LogP contribution in [0.1, 0.15) is 6.92 Å². The van der Waals surface area contributed by atoms with Crippen LogP contribution in [0, 0.1) is 23.2 Å². The van der Waals surface area contributed by atoms with Crippen molar-refractivity contribution >= 4 is 11.8 Å². The van der Waals surface area contributed by atoms with Gasteiger partial charge in [-0.15, -0.1) is 0 Å². The highest BCUT2D eigenvalue weighted by atomic mass is 16.5.